The molecular formula is C22H24N6S. The lowest BCUT2D eigenvalue weighted by atomic mass is 10.0. The van der Waals surface area contributed by atoms with Crippen LogP contribution in [0.4, 0.5) is 17.5 Å². The molecule has 0 saturated heterocycles. The molecule has 0 fully saturated rings. The van der Waals surface area contributed by atoms with Crippen molar-refractivity contribution in [2.45, 2.75) is 20.8 Å². The van der Waals surface area contributed by atoms with Gasteiger partial charge in [0.1, 0.15) is 5.82 Å². The SMILES string of the molecule is Cc1nc2ccc(NCCNc3cc(-c4cccc(C)c4C)nc(N)n3)cc2s1. The molecule has 0 aliphatic carbocycles. The molecule has 2 aromatic carbocycles. The first-order valence-electron chi connectivity index (χ1n) is 9.56. The quantitative estimate of drug-likeness (QED) is 0.401. The number of nitrogen functional groups attached to an aromatic ring is 1. The number of thiazole rings is 1. The molecule has 6 nitrogen and oxygen atoms in total. The summed E-state index contributed by atoms with van der Waals surface area (Å²) in [5.41, 5.74) is 12.4. The molecule has 0 bridgehead atoms. The third-order valence-electron chi connectivity index (χ3n) is 4.88. The summed E-state index contributed by atoms with van der Waals surface area (Å²) < 4.78 is 1.20. The first kappa shape index (κ1) is 19.1. The summed E-state index contributed by atoms with van der Waals surface area (Å²) in [7, 11) is 0. The highest BCUT2D eigenvalue weighted by Crippen LogP contribution is 2.26. The largest absolute Gasteiger partial charge is 0.383 e. The minimum atomic E-state index is 0.268. The van der Waals surface area contributed by atoms with Crippen molar-refractivity contribution < 1.29 is 0 Å². The number of benzene rings is 2. The standard InChI is InChI=1S/C22H24N6S/c1-13-5-4-6-17(14(13)2)19-12-21(28-22(23)27-19)25-10-9-24-16-7-8-18-20(11-16)29-15(3)26-18/h4-8,11-12,24H,9-10H2,1-3H3,(H3,23,25,27,28). The second-order valence-corrected chi connectivity index (χ2v) is 8.25. The second-order valence-electron chi connectivity index (χ2n) is 7.01. The highest BCUT2D eigenvalue weighted by Gasteiger charge is 2.09. The Hall–Kier alpha value is -3.19. The average molecular weight is 405 g/mol. The van der Waals surface area contributed by atoms with E-state index < -0.39 is 0 Å². The minimum absolute atomic E-state index is 0.268. The number of rotatable bonds is 6. The van der Waals surface area contributed by atoms with Gasteiger partial charge in [-0.05, 0) is 50.1 Å². The molecule has 0 spiro atoms. The Morgan fingerprint density at radius 1 is 0.931 bits per heavy atom. The van der Waals surface area contributed by atoms with E-state index in [1.54, 1.807) is 11.3 Å². The number of hydrogen-bond acceptors (Lipinski definition) is 7. The van der Waals surface area contributed by atoms with E-state index in [2.05, 4.69) is 69.8 Å². The lowest BCUT2D eigenvalue weighted by Gasteiger charge is -2.12. The number of hydrogen-bond donors (Lipinski definition) is 3. The molecule has 0 unspecified atom stereocenters. The van der Waals surface area contributed by atoms with Crippen LogP contribution in [0.1, 0.15) is 16.1 Å². The van der Waals surface area contributed by atoms with E-state index in [9.17, 15) is 0 Å². The van der Waals surface area contributed by atoms with Gasteiger partial charge in [0.15, 0.2) is 0 Å². The van der Waals surface area contributed by atoms with Gasteiger partial charge in [0.2, 0.25) is 5.95 Å². The smallest absolute Gasteiger partial charge is 0.222 e. The number of aryl methyl sites for hydroxylation is 2. The third kappa shape index (κ3) is 4.30. The van der Waals surface area contributed by atoms with Gasteiger partial charge >= 0.3 is 0 Å². The van der Waals surface area contributed by atoms with Crippen molar-refractivity contribution in [3.8, 4) is 11.3 Å². The molecule has 4 N–H and O–H groups in total. The molecule has 4 rings (SSSR count). The van der Waals surface area contributed by atoms with Crippen LogP contribution in [0.15, 0.2) is 42.5 Å². The molecule has 148 valence electrons. The molecule has 4 aromatic rings. The molecule has 29 heavy (non-hydrogen) atoms. The average Bonchev–Trinajstić information content (AvgIpc) is 3.06. The Labute approximate surface area is 174 Å². The van der Waals surface area contributed by atoms with Crippen LogP contribution < -0.4 is 16.4 Å². The van der Waals surface area contributed by atoms with E-state index >= 15 is 0 Å². The van der Waals surface area contributed by atoms with Crippen LogP contribution in [0, 0.1) is 20.8 Å². The summed E-state index contributed by atoms with van der Waals surface area (Å²) >= 11 is 1.71. The first-order valence-corrected chi connectivity index (χ1v) is 10.4. The molecule has 0 saturated carbocycles. The van der Waals surface area contributed by atoms with E-state index in [-0.39, 0.29) is 5.95 Å². The lowest BCUT2D eigenvalue weighted by Crippen LogP contribution is -2.15. The van der Waals surface area contributed by atoms with Gasteiger partial charge in [-0.2, -0.15) is 4.98 Å². The van der Waals surface area contributed by atoms with Gasteiger partial charge in [-0.25, -0.2) is 9.97 Å². The van der Waals surface area contributed by atoms with Crippen LogP contribution in [0.5, 0.6) is 0 Å². The molecule has 7 heteroatoms. The normalized spacial score (nSPS) is 11.0. The zero-order chi connectivity index (χ0) is 20.4. The van der Waals surface area contributed by atoms with Crippen molar-refractivity contribution in [2.24, 2.45) is 0 Å². The van der Waals surface area contributed by atoms with Crippen LogP contribution in [0.3, 0.4) is 0 Å². The summed E-state index contributed by atoms with van der Waals surface area (Å²) in [6.07, 6.45) is 0. The monoisotopic (exact) mass is 404 g/mol. The number of nitrogens with two attached hydrogens (primary N) is 1. The maximum atomic E-state index is 5.95. The van der Waals surface area contributed by atoms with E-state index in [1.165, 1.54) is 15.8 Å². The van der Waals surface area contributed by atoms with Gasteiger partial charge in [0.05, 0.1) is 20.9 Å². The van der Waals surface area contributed by atoms with Crippen molar-refractivity contribution in [1.82, 2.24) is 15.0 Å². The molecular weight excluding hydrogens is 380 g/mol. The predicted molar refractivity (Wildman–Crippen MR) is 123 cm³/mol. The van der Waals surface area contributed by atoms with E-state index in [1.807, 2.05) is 19.1 Å². The molecule has 2 aromatic heterocycles. The van der Waals surface area contributed by atoms with Gasteiger partial charge in [-0.1, -0.05) is 18.2 Å². The fraction of sp³-hybridized carbons (Fsp3) is 0.227. The van der Waals surface area contributed by atoms with Gasteiger partial charge in [0.25, 0.3) is 0 Å². The summed E-state index contributed by atoms with van der Waals surface area (Å²) in [5, 5.41) is 7.86. The van der Waals surface area contributed by atoms with Crippen molar-refractivity contribution in [2.75, 3.05) is 29.5 Å². The van der Waals surface area contributed by atoms with Crippen molar-refractivity contribution in [3.05, 3.63) is 58.6 Å². The summed E-state index contributed by atoms with van der Waals surface area (Å²) in [4.78, 5) is 13.2. The Kier molecular flexibility index (Phi) is 5.31. The summed E-state index contributed by atoms with van der Waals surface area (Å²) in [6, 6.07) is 14.4. The van der Waals surface area contributed by atoms with Gasteiger partial charge in [0, 0.05) is 30.4 Å². The number of nitrogens with zero attached hydrogens (tertiary/aromatic N) is 3. The van der Waals surface area contributed by atoms with Crippen LogP contribution in [0.25, 0.3) is 21.5 Å². The highest BCUT2D eigenvalue weighted by molar-refractivity contribution is 7.18. The predicted octanol–water partition coefficient (Wildman–Crippen LogP) is 4.78. The molecule has 2 heterocycles. The topological polar surface area (TPSA) is 88.8 Å². The second kappa shape index (κ2) is 8.05. The Balaban J connectivity index is 1.41. The molecule has 0 radical (unpaired) electrons. The van der Waals surface area contributed by atoms with Crippen LogP contribution in [-0.4, -0.2) is 28.0 Å². The number of fused-ring (bicyclic) bond motifs is 1. The maximum absolute atomic E-state index is 5.95. The third-order valence-corrected chi connectivity index (χ3v) is 5.81. The Bertz CT molecular complexity index is 1170. The van der Waals surface area contributed by atoms with Crippen molar-refractivity contribution in [1.29, 1.82) is 0 Å². The zero-order valence-electron chi connectivity index (χ0n) is 16.8. The van der Waals surface area contributed by atoms with Crippen molar-refractivity contribution >= 4 is 39.0 Å². The minimum Gasteiger partial charge on any atom is -0.383 e. The molecule has 0 amide bonds. The van der Waals surface area contributed by atoms with E-state index in [4.69, 9.17) is 5.73 Å². The number of nitrogens with one attached hydrogen (secondary N) is 2. The Morgan fingerprint density at radius 2 is 1.76 bits per heavy atom. The first-order chi connectivity index (χ1) is 14.0. The highest BCUT2D eigenvalue weighted by atomic mass is 32.1. The summed E-state index contributed by atoms with van der Waals surface area (Å²) in [5.74, 6) is 0.994. The molecule has 0 aliphatic heterocycles. The zero-order valence-corrected chi connectivity index (χ0v) is 17.6. The number of anilines is 3. The van der Waals surface area contributed by atoms with Gasteiger partial charge in [-0.15, -0.1) is 11.3 Å². The number of aromatic nitrogens is 3. The fourth-order valence-corrected chi connectivity index (χ4v) is 4.14. The van der Waals surface area contributed by atoms with Crippen LogP contribution in [-0.2, 0) is 0 Å². The Morgan fingerprint density at radius 3 is 2.62 bits per heavy atom. The maximum Gasteiger partial charge on any atom is 0.222 e. The van der Waals surface area contributed by atoms with Crippen LogP contribution >= 0.6 is 11.3 Å². The van der Waals surface area contributed by atoms with Gasteiger partial charge < -0.3 is 16.4 Å². The molecule has 0 atom stereocenters. The summed E-state index contributed by atoms with van der Waals surface area (Å²) in [6.45, 7) is 7.69. The van der Waals surface area contributed by atoms with Crippen molar-refractivity contribution in [3.63, 3.8) is 0 Å². The molecule has 0 aliphatic rings. The fourth-order valence-electron chi connectivity index (χ4n) is 3.27. The van der Waals surface area contributed by atoms with E-state index in [0.717, 1.165) is 39.8 Å². The van der Waals surface area contributed by atoms with E-state index in [0.29, 0.717) is 6.54 Å². The van der Waals surface area contributed by atoms with Crippen LogP contribution in [0.2, 0.25) is 0 Å². The van der Waals surface area contributed by atoms with Gasteiger partial charge in [-0.3, -0.25) is 0 Å². The lowest BCUT2D eigenvalue weighted by molar-refractivity contribution is 1.05.